The molecular weight excluding hydrogens is 374 g/mol. The summed E-state index contributed by atoms with van der Waals surface area (Å²) in [6.07, 6.45) is 3.46. The number of non-ortho nitro benzene ring substituents is 1. The number of nitro groups is 1. The minimum Gasteiger partial charge on any atom is -0.493 e. The summed E-state index contributed by atoms with van der Waals surface area (Å²) in [7, 11) is 0. The van der Waals surface area contributed by atoms with E-state index < -0.39 is 10.8 Å². The lowest BCUT2D eigenvalue weighted by molar-refractivity contribution is -0.384. The van der Waals surface area contributed by atoms with Gasteiger partial charge in [-0.05, 0) is 30.5 Å². The molecule has 0 bridgehead atoms. The number of para-hydroxylation sites is 1. The number of aromatic nitrogens is 2. The molecule has 29 heavy (non-hydrogen) atoms. The Labute approximate surface area is 164 Å². The van der Waals surface area contributed by atoms with Gasteiger partial charge in [-0.15, -0.1) is 10.2 Å². The average Bonchev–Trinajstić information content (AvgIpc) is 3.26. The van der Waals surface area contributed by atoms with Gasteiger partial charge in [-0.1, -0.05) is 18.2 Å². The molecule has 4 rings (SSSR count). The van der Waals surface area contributed by atoms with Gasteiger partial charge in [0.25, 0.3) is 11.6 Å². The normalized spacial score (nSPS) is 11.6. The number of benzene rings is 2. The van der Waals surface area contributed by atoms with Crippen molar-refractivity contribution in [3.05, 3.63) is 64.3 Å². The molecule has 0 aliphatic heterocycles. The number of carbonyl (C=O) groups excluding carboxylic acids is 1. The van der Waals surface area contributed by atoms with Crippen molar-refractivity contribution in [2.45, 2.75) is 19.3 Å². The number of nitrogens with one attached hydrogen (secondary N) is 2. The number of amides is 1. The second-order valence-corrected chi connectivity index (χ2v) is 6.62. The molecule has 1 amide bonds. The Morgan fingerprint density at radius 2 is 1.97 bits per heavy atom. The molecule has 0 radical (unpaired) electrons. The first-order valence-electron chi connectivity index (χ1n) is 9.01. The zero-order chi connectivity index (χ0) is 20.4. The first kappa shape index (κ1) is 18.4. The zero-order valence-electron chi connectivity index (χ0n) is 15.3. The fourth-order valence-electron chi connectivity index (χ4n) is 3.29. The van der Waals surface area contributed by atoms with Gasteiger partial charge in [-0.25, -0.2) is 0 Å². The number of azo groups is 1. The summed E-state index contributed by atoms with van der Waals surface area (Å²) in [5.41, 5.74) is 2.52. The highest BCUT2D eigenvalue weighted by atomic mass is 16.6. The highest BCUT2D eigenvalue weighted by Gasteiger charge is 2.15. The van der Waals surface area contributed by atoms with Crippen LogP contribution in [-0.4, -0.2) is 25.9 Å². The second kappa shape index (κ2) is 7.55. The maximum atomic E-state index is 12.1. The zero-order valence-corrected chi connectivity index (χ0v) is 15.3. The van der Waals surface area contributed by atoms with Gasteiger partial charge in [-0.2, -0.15) is 0 Å². The average molecular weight is 391 g/mol. The van der Waals surface area contributed by atoms with Crippen LogP contribution in [0, 0.1) is 10.1 Å². The van der Waals surface area contributed by atoms with Gasteiger partial charge in [0.15, 0.2) is 5.69 Å². The minimum atomic E-state index is -0.541. The number of aromatic hydroxyl groups is 1. The van der Waals surface area contributed by atoms with E-state index in [1.54, 1.807) is 0 Å². The minimum absolute atomic E-state index is 0.00804. The van der Waals surface area contributed by atoms with Crippen LogP contribution >= 0.6 is 0 Å². The Bertz CT molecular complexity index is 1250. The van der Waals surface area contributed by atoms with Crippen molar-refractivity contribution in [1.29, 1.82) is 0 Å². The number of fused-ring (bicyclic) bond motifs is 2. The van der Waals surface area contributed by atoms with Crippen LogP contribution in [-0.2, 0) is 11.2 Å². The van der Waals surface area contributed by atoms with Gasteiger partial charge in [0.2, 0.25) is 5.88 Å². The molecule has 3 N–H and O–H groups in total. The Morgan fingerprint density at radius 1 is 1.14 bits per heavy atom. The third kappa shape index (κ3) is 3.70. The summed E-state index contributed by atoms with van der Waals surface area (Å²) < 4.78 is 0. The molecule has 0 fully saturated rings. The molecule has 9 nitrogen and oxygen atoms in total. The molecule has 0 aliphatic rings. The molecule has 0 atom stereocenters. The van der Waals surface area contributed by atoms with Crippen molar-refractivity contribution >= 4 is 39.1 Å². The van der Waals surface area contributed by atoms with E-state index in [4.69, 9.17) is 0 Å². The van der Waals surface area contributed by atoms with E-state index in [1.165, 1.54) is 18.2 Å². The number of H-pyrrole nitrogens is 2. The fourth-order valence-corrected chi connectivity index (χ4v) is 3.29. The molecule has 0 saturated carbocycles. The SMILES string of the molecule is O=C(CCCc1c[nH]c2ccccc12)N=Nc1c(O)[nH]c2ccc([N+](=O)[O-])cc12. The molecule has 2 aromatic heterocycles. The monoisotopic (exact) mass is 391 g/mol. The topological polar surface area (TPSA) is 137 Å². The lowest BCUT2D eigenvalue weighted by atomic mass is 10.1. The molecule has 146 valence electrons. The summed E-state index contributed by atoms with van der Waals surface area (Å²) in [5.74, 6) is -0.722. The van der Waals surface area contributed by atoms with Crippen molar-refractivity contribution in [2.24, 2.45) is 10.2 Å². The molecule has 2 heterocycles. The quantitative estimate of drug-likeness (QED) is 0.245. The number of aryl methyl sites for hydroxylation is 1. The Balaban J connectivity index is 1.43. The largest absolute Gasteiger partial charge is 0.493 e. The molecule has 4 aromatic rings. The summed E-state index contributed by atoms with van der Waals surface area (Å²) in [6.45, 7) is 0. The predicted molar refractivity (Wildman–Crippen MR) is 107 cm³/mol. The van der Waals surface area contributed by atoms with E-state index >= 15 is 0 Å². The van der Waals surface area contributed by atoms with Gasteiger partial charge in [0.1, 0.15) is 0 Å². The predicted octanol–water partition coefficient (Wildman–Crippen LogP) is 4.90. The molecule has 2 aromatic carbocycles. The van der Waals surface area contributed by atoms with Crippen LogP contribution in [0.5, 0.6) is 5.88 Å². The fraction of sp³-hybridized carbons (Fsp3) is 0.150. The molecule has 0 spiro atoms. The van der Waals surface area contributed by atoms with Crippen LogP contribution in [0.4, 0.5) is 11.4 Å². The van der Waals surface area contributed by atoms with Crippen LogP contribution in [0.3, 0.4) is 0 Å². The second-order valence-electron chi connectivity index (χ2n) is 6.62. The van der Waals surface area contributed by atoms with Crippen molar-refractivity contribution < 1.29 is 14.8 Å². The third-order valence-corrected chi connectivity index (χ3v) is 4.72. The molecule has 0 saturated heterocycles. The van der Waals surface area contributed by atoms with Crippen LogP contribution in [0.1, 0.15) is 18.4 Å². The summed E-state index contributed by atoms with van der Waals surface area (Å²) >= 11 is 0. The van der Waals surface area contributed by atoms with Gasteiger partial charge < -0.3 is 15.1 Å². The van der Waals surface area contributed by atoms with E-state index in [1.807, 2.05) is 30.5 Å². The third-order valence-electron chi connectivity index (χ3n) is 4.72. The van der Waals surface area contributed by atoms with Gasteiger partial charge in [-0.3, -0.25) is 14.9 Å². The molecule has 0 unspecified atom stereocenters. The number of rotatable bonds is 6. The van der Waals surface area contributed by atoms with Crippen molar-refractivity contribution in [3.63, 3.8) is 0 Å². The van der Waals surface area contributed by atoms with Crippen LogP contribution in [0.15, 0.2) is 58.9 Å². The van der Waals surface area contributed by atoms with Crippen molar-refractivity contribution in [2.75, 3.05) is 0 Å². The van der Waals surface area contributed by atoms with E-state index in [2.05, 4.69) is 20.2 Å². The van der Waals surface area contributed by atoms with Crippen LogP contribution in [0.2, 0.25) is 0 Å². The number of nitrogens with zero attached hydrogens (tertiary/aromatic N) is 3. The van der Waals surface area contributed by atoms with E-state index in [9.17, 15) is 20.0 Å². The Hall–Kier alpha value is -4.01. The van der Waals surface area contributed by atoms with E-state index in [0.29, 0.717) is 17.3 Å². The molecular formula is C20H17N5O4. The standard InChI is InChI=1S/C20H17N5O4/c26-18(7-3-4-12-11-21-16-6-2-1-5-14(12)16)23-24-19-15-10-13(25(28)29)8-9-17(15)22-20(19)27/h1-2,5-6,8-11,21-22,27H,3-4,7H2. The van der Waals surface area contributed by atoms with Crippen molar-refractivity contribution in [3.8, 4) is 5.88 Å². The summed E-state index contributed by atoms with van der Waals surface area (Å²) in [5, 5.41) is 29.9. The van der Waals surface area contributed by atoms with Crippen LogP contribution < -0.4 is 0 Å². The van der Waals surface area contributed by atoms with Crippen molar-refractivity contribution in [1.82, 2.24) is 9.97 Å². The maximum absolute atomic E-state index is 12.1. The summed E-state index contributed by atoms with van der Waals surface area (Å²) in [6, 6.07) is 12.0. The first-order valence-corrected chi connectivity index (χ1v) is 9.01. The van der Waals surface area contributed by atoms with E-state index in [0.717, 1.165) is 22.9 Å². The van der Waals surface area contributed by atoms with E-state index in [-0.39, 0.29) is 23.7 Å². The number of hydrogen-bond acceptors (Lipinski definition) is 5. The Morgan fingerprint density at radius 3 is 2.79 bits per heavy atom. The lowest BCUT2D eigenvalue weighted by Crippen LogP contribution is -1.93. The Kier molecular flexibility index (Phi) is 4.78. The summed E-state index contributed by atoms with van der Waals surface area (Å²) in [4.78, 5) is 28.4. The molecule has 9 heteroatoms. The number of nitro benzene ring substituents is 1. The van der Waals surface area contributed by atoms with Gasteiger partial charge in [0, 0.05) is 41.0 Å². The molecule has 0 aliphatic carbocycles. The first-order chi connectivity index (χ1) is 14.0. The number of aromatic amines is 2. The maximum Gasteiger partial charge on any atom is 0.270 e. The van der Waals surface area contributed by atoms with Crippen LogP contribution in [0.25, 0.3) is 21.8 Å². The highest BCUT2D eigenvalue weighted by Crippen LogP contribution is 2.37. The highest BCUT2D eigenvalue weighted by molar-refractivity contribution is 5.95. The smallest absolute Gasteiger partial charge is 0.270 e. The number of hydrogen-bond donors (Lipinski definition) is 3. The lowest BCUT2D eigenvalue weighted by Gasteiger charge is -1.98. The van der Waals surface area contributed by atoms with Gasteiger partial charge >= 0.3 is 0 Å². The number of carbonyl (C=O) groups is 1. The van der Waals surface area contributed by atoms with Gasteiger partial charge in [0.05, 0.1) is 10.4 Å².